The predicted molar refractivity (Wildman–Crippen MR) is 121 cm³/mol. The number of hydrazone groups is 1. The van der Waals surface area contributed by atoms with Crippen molar-refractivity contribution in [1.82, 2.24) is 10.4 Å². The van der Waals surface area contributed by atoms with E-state index in [0.717, 1.165) is 30.8 Å². The lowest BCUT2D eigenvalue weighted by Crippen LogP contribution is -2.45. The summed E-state index contributed by atoms with van der Waals surface area (Å²) >= 11 is 20.1. The van der Waals surface area contributed by atoms with Crippen LogP contribution < -0.4 is 10.4 Å². The zero-order chi connectivity index (χ0) is 20.4. The van der Waals surface area contributed by atoms with Gasteiger partial charge in [0.2, 0.25) is 0 Å². The lowest BCUT2D eigenvalue weighted by molar-refractivity contribution is -0.119. The number of hydrazine groups is 1. The Hall–Kier alpha value is -1.31. The zero-order valence-corrected chi connectivity index (χ0v) is 18.8. The number of amides is 1. The first-order valence-corrected chi connectivity index (χ1v) is 11.6. The van der Waals surface area contributed by atoms with Crippen LogP contribution in [0.15, 0.2) is 35.4 Å². The molecule has 5 nitrogen and oxygen atoms in total. The fourth-order valence-electron chi connectivity index (χ4n) is 3.66. The van der Waals surface area contributed by atoms with Gasteiger partial charge in [-0.2, -0.15) is 5.10 Å². The smallest absolute Gasteiger partial charge is 0.281 e. The maximum absolute atomic E-state index is 12.9. The Labute approximate surface area is 189 Å². The van der Waals surface area contributed by atoms with Crippen molar-refractivity contribution in [2.75, 3.05) is 18.1 Å². The third-order valence-corrected chi connectivity index (χ3v) is 6.99. The molecular formula is C20H21Cl3N4OS. The third-order valence-electron chi connectivity index (χ3n) is 5.12. The topological polar surface area (TPSA) is 47.9 Å². The number of halogens is 3. The summed E-state index contributed by atoms with van der Waals surface area (Å²) in [7, 11) is 0. The molecule has 154 valence electrons. The minimum Gasteiger partial charge on any atom is -0.284 e. The van der Waals surface area contributed by atoms with E-state index in [4.69, 9.17) is 34.8 Å². The number of nitrogens with one attached hydrogen (secondary N) is 1. The van der Waals surface area contributed by atoms with Gasteiger partial charge in [0.15, 0.2) is 0 Å². The molecule has 1 amide bonds. The van der Waals surface area contributed by atoms with Crippen LogP contribution in [-0.4, -0.2) is 29.7 Å². The van der Waals surface area contributed by atoms with E-state index in [-0.39, 0.29) is 11.9 Å². The minimum absolute atomic E-state index is 0.143. The fourth-order valence-corrected chi connectivity index (χ4v) is 5.30. The molecule has 0 bridgehead atoms. The van der Waals surface area contributed by atoms with Gasteiger partial charge in [-0.1, -0.05) is 47.6 Å². The van der Waals surface area contributed by atoms with Crippen molar-refractivity contribution in [3.05, 3.63) is 49.6 Å². The summed E-state index contributed by atoms with van der Waals surface area (Å²) in [6.07, 6.45) is 5.08. The molecular weight excluding hydrogens is 451 g/mol. The van der Waals surface area contributed by atoms with Crippen LogP contribution >= 0.6 is 46.1 Å². The van der Waals surface area contributed by atoms with E-state index in [1.165, 1.54) is 24.2 Å². The first-order valence-electron chi connectivity index (χ1n) is 9.64. The van der Waals surface area contributed by atoms with Gasteiger partial charge in [-0.05, 0) is 43.2 Å². The average Bonchev–Trinajstić information content (AvgIpc) is 3.22. The second-order valence-electron chi connectivity index (χ2n) is 7.19. The van der Waals surface area contributed by atoms with Gasteiger partial charge in [-0.15, -0.1) is 11.3 Å². The molecule has 4 rings (SSSR count). The van der Waals surface area contributed by atoms with Crippen LogP contribution in [0, 0.1) is 0 Å². The van der Waals surface area contributed by atoms with Crippen molar-refractivity contribution in [3.63, 3.8) is 0 Å². The van der Waals surface area contributed by atoms with Gasteiger partial charge in [0.1, 0.15) is 5.71 Å². The standard InChI is InChI=1S/C20H21Cl3N4OS/c21-13-5-6-16(14(22)11-13)27-17(18-7-8-19(23)29-18)12-15(24-27)20(28)25-26-9-3-1-2-4-10-26/h5-8,11,17H,1-4,9-10,12H2,(H,25,28). The molecule has 2 aliphatic rings. The van der Waals surface area contributed by atoms with Crippen molar-refractivity contribution in [3.8, 4) is 0 Å². The van der Waals surface area contributed by atoms with Crippen LogP contribution in [0.25, 0.3) is 0 Å². The number of carbonyl (C=O) groups excluding carboxylic acids is 1. The van der Waals surface area contributed by atoms with E-state index in [2.05, 4.69) is 10.5 Å². The van der Waals surface area contributed by atoms with Gasteiger partial charge in [-0.25, -0.2) is 5.01 Å². The Balaban J connectivity index is 1.60. The van der Waals surface area contributed by atoms with E-state index >= 15 is 0 Å². The van der Waals surface area contributed by atoms with Gasteiger partial charge >= 0.3 is 0 Å². The molecule has 29 heavy (non-hydrogen) atoms. The summed E-state index contributed by atoms with van der Waals surface area (Å²) in [6.45, 7) is 1.74. The molecule has 0 aliphatic carbocycles. The van der Waals surface area contributed by atoms with Gasteiger partial charge in [0.05, 0.1) is 21.1 Å². The van der Waals surface area contributed by atoms with Crippen molar-refractivity contribution in [2.24, 2.45) is 5.10 Å². The van der Waals surface area contributed by atoms with Crippen molar-refractivity contribution in [1.29, 1.82) is 0 Å². The molecule has 1 aromatic heterocycles. The van der Waals surface area contributed by atoms with Crippen molar-refractivity contribution < 1.29 is 4.79 Å². The number of rotatable bonds is 4. The monoisotopic (exact) mass is 470 g/mol. The maximum Gasteiger partial charge on any atom is 0.281 e. The van der Waals surface area contributed by atoms with Crippen LogP contribution in [-0.2, 0) is 4.79 Å². The molecule has 9 heteroatoms. The van der Waals surface area contributed by atoms with Gasteiger partial charge < -0.3 is 0 Å². The first kappa shape index (κ1) is 20.9. The Morgan fingerprint density at radius 1 is 1.07 bits per heavy atom. The fraction of sp³-hybridized carbons (Fsp3) is 0.400. The number of nitrogens with zero attached hydrogens (tertiary/aromatic N) is 3. The van der Waals surface area contributed by atoms with Crippen LogP contribution in [0.2, 0.25) is 14.4 Å². The Morgan fingerprint density at radius 2 is 1.83 bits per heavy atom. The van der Waals surface area contributed by atoms with Gasteiger partial charge in [-0.3, -0.25) is 15.2 Å². The van der Waals surface area contributed by atoms with Gasteiger partial charge in [0.25, 0.3) is 5.91 Å². The number of anilines is 1. The van der Waals surface area contributed by atoms with E-state index in [0.29, 0.717) is 32.2 Å². The summed E-state index contributed by atoms with van der Waals surface area (Å²) in [5.74, 6) is -0.160. The minimum atomic E-state index is -0.160. The molecule has 0 radical (unpaired) electrons. The lowest BCUT2D eigenvalue weighted by Gasteiger charge is -2.23. The molecule has 2 aliphatic heterocycles. The molecule has 0 saturated carbocycles. The summed E-state index contributed by atoms with van der Waals surface area (Å²) in [5.41, 5.74) is 4.23. The van der Waals surface area contributed by atoms with Crippen molar-refractivity contribution in [2.45, 2.75) is 38.1 Å². The molecule has 1 saturated heterocycles. The van der Waals surface area contributed by atoms with E-state index < -0.39 is 0 Å². The number of hydrogen-bond acceptors (Lipinski definition) is 5. The Morgan fingerprint density at radius 3 is 2.48 bits per heavy atom. The number of carbonyl (C=O) groups is 1. The molecule has 1 unspecified atom stereocenters. The highest BCUT2D eigenvalue weighted by molar-refractivity contribution is 7.16. The molecule has 1 N–H and O–H groups in total. The second-order valence-corrected chi connectivity index (χ2v) is 9.78. The van der Waals surface area contributed by atoms with Crippen molar-refractivity contribution >= 4 is 63.4 Å². The predicted octanol–water partition coefficient (Wildman–Crippen LogP) is 5.92. The average molecular weight is 472 g/mol. The molecule has 1 atom stereocenters. The molecule has 1 aromatic carbocycles. The first-order chi connectivity index (χ1) is 14.0. The van der Waals surface area contributed by atoms with E-state index in [9.17, 15) is 4.79 Å². The summed E-state index contributed by atoms with van der Waals surface area (Å²) in [6, 6.07) is 8.97. The van der Waals surface area contributed by atoms with E-state index in [1.807, 2.05) is 23.2 Å². The van der Waals surface area contributed by atoms with Crippen LogP contribution in [0.5, 0.6) is 0 Å². The molecule has 1 fully saturated rings. The molecule has 2 aromatic rings. The summed E-state index contributed by atoms with van der Waals surface area (Å²) < 4.78 is 0.699. The number of thiophene rings is 1. The number of benzene rings is 1. The SMILES string of the molecule is O=C(NN1CCCCCC1)C1=NN(c2ccc(Cl)cc2Cl)C(c2ccc(Cl)s2)C1. The third kappa shape index (κ3) is 4.89. The highest BCUT2D eigenvalue weighted by Gasteiger charge is 2.34. The Kier molecular flexibility index (Phi) is 6.66. The van der Waals surface area contributed by atoms with Crippen LogP contribution in [0.1, 0.15) is 43.0 Å². The maximum atomic E-state index is 12.9. The van der Waals surface area contributed by atoms with Crippen LogP contribution in [0.3, 0.4) is 0 Å². The molecule has 0 spiro atoms. The largest absolute Gasteiger partial charge is 0.284 e. The normalized spacial score (nSPS) is 20.4. The zero-order valence-electron chi connectivity index (χ0n) is 15.7. The molecule has 3 heterocycles. The van der Waals surface area contributed by atoms with Crippen LogP contribution in [0.4, 0.5) is 5.69 Å². The Bertz CT molecular complexity index is 924. The summed E-state index contributed by atoms with van der Waals surface area (Å²) in [5, 5.41) is 9.50. The lowest BCUT2D eigenvalue weighted by atomic mass is 10.1. The number of hydrogen-bond donors (Lipinski definition) is 1. The highest BCUT2D eigenvalue weighted by Crippen LogP contribution is 2.42. The van der Waals surface area contributed by atoms with Gasteiger partial charge in [0, 0.05) is 29.4 Å². The quantitative estimate of drug-likeness (QED) is 0.602. The summed E-state index contributed by atoms with van der Waals surface area (Å²) in [4.78, 5) is 14.0. The second kappa shape index (κ2) is 9.23. The van der Waals surface area contributed by atoms with E-state index in [1.54, 1.807) is 17.1 Å². The highest BCUT2D eigenvalue weighted by atomic mass is 35.5.